The van der Waals surface area contributed by atoms with Crippen molar-refractivity contribution in [2.45, 2.75) is 0 Å². The van der Waals surface area contributed by atoms with Gasteiger partial charge in [-0.15, -0.1) is 10.2 Å². The highest BCUT2D eigenvalue weighted by atomic mass is 16.1. The highest BCUT2D eigenvalue weighted by Crippen LogP contribution is 2.17. The van der Waals surface area contributed by atoms with E-state index in [9.17, 15) is 4.79 Å². The number of H-pyrrole nitrogens is 2. The third-order valence-corrected chi connectivity index (χ3v) is 3.01. The standard InChI is InChI=1S/C12H9N7O/c20-10-8-6-13-16-9(8)19-11(17-18-12(19)15-10)14-7-4-2-1-3-5-7/h1-6H,(H,13,16)(H,14,17)(H,15,18,20). The summed E-state index contributed by atoms with van der Waals surface area (Å²) < 4.78 is 1.68. The maximum atomic E-state index is 11.8. The molecule has 0 aliphatic rings. The Bertz CT molecular complexity index is 950. The number of benzene rings is 1. The van der Waals surface area contributed by atoms with Crippen molar-refractivity contribution >= 4 is 28.4 Å². The van der Waals surface area contributed by atoms with Gasteiger partial charge in [-0.3, -0.25) is 14.9 Å². The molecule has 0 radical (unpaired) electrons. The van der Waals surface area contributed by atoms with Gasteiger partial charge in [0, 0.05) is 5.69 Å². The summed E-state index contributed by atoms with van der Waals surface area (Å²) >= 11 is 0. The van der Waals surface area contributed by atoms with Crippen LogP contribution in [-0.4, -0.2) is 29.8 Å². The van der Waals surface area contributed by atoms with Gasteiger partial charge in [0.1, 0.15) is 5.39 Å². The number of para-hydroxylation sites is 1. The molecular weight excluding hydrogens is 258 g/mol. The molecule has 0 bridgehead atoms. The van der Waals surface area contributed by atoms with Gasteiger partial charge in [0.25, 0.3) is 5.56 Å². The predicted molar refractivity (Wildman–Crippen MR) is 73.0 cm³/mol. The topological polar surface area (TPSA) is 104 Å². The molecule has 4 rings (SSSR count). The quantitative estimate of drug-likeness (QED) is 0.503. The van der Waals surface area contributed by atoms with Crippen molar-refractivity contribution in [1.82, 2.24) is 29.8 Å². The first-order chi connectivity index (χ1) is 9.83. The number of rotatable bonds is 2. The van der Waals surface area contributed by atoms with Crippen LogP contribution in [0, 0.1) is 0 Å². The van der Waals surface area contributed by atoms with Gasteiger partial charge < -0.3 is 5.32 Å². The van der Waals surface area contributed by atoms with Crippen molar-refractivity contribution in [2.24, 2.45) is 0 Å². The Kier molecular flexibility index (Phi) is 2.10. The molecule has 98 valence electrons. The number of aromatic nitrogens is 6. The average Bonchev–Trinajstić information content (AvgIpc) is 3.07. The number of nitrogens with zero attached hydrogens (tertiary/aromatic N) is 4. The third kappa shape index (κ3) is 1.48. The Morgan fingerprint density at radius 1 is 1.15 bits per heavy atom. The van der Waals surface area contributed by atoms with E-state index in [0.717, 1.165) is 5.69 Å². The lowest BCUT2D eigenvalue weighted by molar-refractivity contribution is 1.06. The molecule has 0 atom stereocenters. The third-order valence-electron chi connectivity index (χ3n) is 3.01. The highest BCUT2D eigenvalue weighted by Gasteiger charge is 2.13. The molecule has 8 nitrogen and oxygen atoms in total. The Morgan fingerprint density at radius 2 is 2.00 bits per heavy atom. The van der Waals surface area contributed by atoms with Crippen molar-refractivity contribution in [3.05, 3.63) is 46.9 Å². The van der Waals surface area contributed by atoms with Crippen molar-refractivity contribution in [2.75, 3.05) is 5.32 Å². The van der Waals surface area contributed by atoms with Gasteiger partial charge in [-0.25, -0.2) is 4.40 Å². The fourth-order valence-corrected chi connectivity index (χ4v) is 2.09. The lowest BCUT2D eigenvalue weighted by Crippen LogP contribution is -2.09. The van der Waals surface area contributed by atoms with Gasteiger partial charge in [0.2, 0.25) is 11.7 Å². The molecule has 3 heterocycles. The summed E-state index contributed by atoms with van der Waals surface area (Å²) in [5.74, 6) is 0.849. The van der Waals surface area contributed by atoms with Crippen LogP contribution < -0.4 is 10.9 Å². The van der Waals surface area contributed by atoms with Gasteiger partial charge in [-0.2, -0.15) is 5.10 Å². The predicted octanol–water partition coefficient (Wildman–Crippen LogP) is 1.04. The molecule has 1 aromatic carbocycles. The second-order valence-corrected chi connectivity index (χ2v) is 4.26. The lowest BCUT2D eigenvalue weighted by atomic mass is 10.3. The molecule has 3 aromatic heterocycles. The number of hydrogen-bond acceptors (Lipinski definition) is 5. The minimum absolute atomic E-state index is 0.250. The summed E-state index contributed by atoms with van der Waals surface area (Å²) in [4.78, 5) is 14.5. The first kappa shape index (κ1) is 10.7. The fraction of sp³-hybridized carbons (Fsp3) is 0. The van der Waals surface area contributed by atoms with Gasteiger partial charge in [-0.05, 0) is 12.1 Å². The molecule has 8 heteroatoms. The number of hydrogen-bond donors (Lipinski definition) is 3. The van der Waals surface area contributed by atoms with E-state index in [1.807, 2.05) is 30.3 Å². The van der Waals surface area contributed by atoms with Gasteiger partial charge in [0.05, 0.1) is 6.20 Å². The van der Waals surface area contributed by atoms with Gasteiger partial charge >= 0.3 is 0 Å². The minimum atomic E-state index is -0.250. The first-order valence-corrected chi connectivity index (χ1v) is 5.95. The van der Waals surface area contributed by atoms with Crippen molar-refractivity contribution in [3.63, 3.8) is 0 Å². The molecule has 3 N–H and O–H groups in total. The maximum Gasteiger partial charge on any atom is 0.263 e. The van der Waals surface area contributed by atoms with E-state index in [4.69, 9.17) is 0 Å². The summed E-state index contributed by atoms with van der Waals surface area (Å²) in [6.45, 7) is 0. The molecular formula is C12H9N7O. The Labute approximate surface area is 111 Å². The van der Waals surface area contributed by atoms with Crippen molar-refractivity contribution in [3.8, 4) is 0 Å². The number of nitrogens with one attached hydrogen (secondary N) is 3. The zero-order valence-electron chi connectivity index (χ0n) is 10.2. The second-order valence-electron chi connectivity index (χ2n) is 4.26. The molecule has 0 saturated carbocycles. The molecule has 0 amide bonds. The van der Waals surface area contributed by atoms with E-state index >= 15 is 0 Å². The summed E-state index contributed by atoms with van der Waals surface area (Å²) in [5, 5.41) is 18.3. The molecule has 0 unspecified atom stereocenters. The minimum Gasteiger partial charge on any atom is -0.324 e. The van der Waals surface area contributed by atoms with Crippen LogP contribution in [0.2, 0.25) is 0 Å². The summed E-state index contributed by atoms with van der Waals surface area (Å²) in [6, 6.07) is 9.59. The Balaban J connectivity index is 1.97. The van der Waals surface area contributed by atoms with Crippen LogP contribution >= 0.6 is 0 Å². The van der Waals surface area contributed by atoms with Crippen LogP contribution in [0.15, 0.2) is 41.3 Å². The zero-order valence-corrected chi connectivity index (χ0v) is 10.2. The SMILES string of the molecule is O=c1[nH]c2nnc(Nc3ccccc3)n2c2[nH]ncc12. The number of fused-ring (bicyclic) bond motifs is 3. The maximum absolute atomic E-state index is 11.8. The van der Waals surface area contributed by atoms with Gasteiger partial charge in [-0.1, -0.05) is 18.2 Å². The van der Waals surface area contributed by atoms with E-state index in [-0.39, 0.29) is 5.56 Å². The summed E-state index contributed by atoms with van der Waals surface area (Å²) in [6.07, 6.45) is 1.47. The van der Waals surface area contributed by atoms with Crippen LogP contribution in [0.1, 0.15) is 0 Å². The summed E-state index contributed by atoms with van der Waals surface area (Å²) in [7, 11) is 0. The molecule has 0 spiro atoms. The lowest BCUT2D eigenvalue weighted by Gasteiger charge is -2.04. The zero-order chi connectivity index (χ0) is 13.5. The monoisotopic (exact) mass is 267 g/mol. The van der Waals surface area contributed by atoms with E-state index in [2.05, 4.69) is 30.7 Å². The van der Waals surface area contributed by atoms with Crippen LogP contribution in [0.3, 0.4) is 0 Å². The van der Waals surface area contributed by atoms with Gasteiger partial charge in [0.15, 0.2) is 5.65 Å². The highest BCUT2D eigenvalue weighted by molar-refractivity contribution is 5.77. The van der Waals surface area contributed by atoms with Crippen molar-refractivity contribution in [1.29, 1.82) is 0 Å². The Hall–Kier alpha value is -3.16. The van der Waals surface area contributed by atoms with E-state index in [1.165, 1.54) is 6.20 Å². The van der Waals surface area contributed by atoms with Crippen molar-refractivity contribution < 1.29 is 0 Å². The molecule has 0 fully saturated rings. The Morgan fingerprint density at radius 3 is 2.85 bits per heavy atom. The molecule has 0 aliphatic carbocycles. The molecule has 20 heavy (non-hydrogen) atoms. The fourth-order valence-electron chi connectivity index (χ4n) is 2.09. The second kappa shape index (κ2) is 3.92. The van der Waals surface area contributed by atoms with E-state index in [0.29, 0.717) is 22.8 Å². The average molecular weight is 267 g/mol. The first-order valence-electron chi connectivity index (χ1n) is 5.95. The van der Waals surface area contributed by atoms with Crippen LogP contribution in [0.4, 0.5) is 11.6 Å². The van der Waals surface area contributed by atoms with Crippen LogP contribution in [0.25, 0.3) is 16.8 Å². The molecule has 4 aromatic rings. The summed E-state index contributed by atoms with van der Waals surface area (Å²) in [5.41, 5.74) is 1.17. The number of anilines is 2. The largest absolute Gasteiger partial charge is 0.324 e. The normalized spacial score (nSPS) is 11.2. The van der Waals surface area contributed by atoms with E-state index in [1.54, 1.807) is 4.40 Å². The smallest absolute Gasteiger partial charge is 0.263 e. The number of aromatic amines is 2. The van der Waals surface area contributed by atoms with Crippen LogP contribution in [0.5, 0.6) is 0 Å². The molecule has 0 aliphatic heterocycles. The molecule has 0 saturated heterocycles. The van der Waals surface area contributed by atoms with E-state index < -0.39 is 0 Å². The van der Waals surface area contributed by atoms with Crippen LogP contribution in [-0.2, 0) is 0 Å².